The lowest BCUT2D eigenvalue weighted by Crippen LogP contribution is -2.44. The average molecular weight is 543 g/mol. The number of rotatable bonds is 9. The van der Waals surface area contributed by atoms with Crippen LogP contribution in [0.1, 0.15) is 18.9 Å². The molecule has 1 aliphatic rings. The molecule has 9 heteroatoms. The van der Waals surface area contributed by atoms with Crippen LogP contribution < -0.4 is 20.3 Å². The lowest BCUT2D eigenvalue weighted by atomic mass is 10.2. The maximum Gasteiger partial charge on any atom is 0.191 e. The van der Waals surface area contributed by atoms with Crippen molar-refractivity contribution in [1.29, 1.82) is 0 Å². The number of aliphatic imine (C=N–C) groups is 1. The molecule has 1 saturated heterocycles. The molecule has 0 aliphatic carbocycles. The summed E-state index contributed by atoms with van der Waals surface area (Å²) in [7, 11) is 1.65. The number of benzene rings is 1. The SMILES string of the molecule is CCNC(=NCCOCc1cccc(OC)c1)NC1CCN(c2ncccc2F)C1.I. The predicted molar refractivity (Wildman–Crippen MR) is 132 cm³/mol. The van der Waals surface area contributed by atoms with Crippen molar-refractivity contribution in [3.8, 4) is 5.75 Å². The number of aromatic nitrogens is 1. The van der Waals surface area contributed by atoms with Gasteiger partial charge in [0.1, 0.15) is 5.75 Å². The van der Waals surface area contributed by atoms with E-state index in [1.165, 1.54) is 6.07 Å². The summed E-state index contributed by atoms with van der Waals surface area (Å²) in [4.78, 5) is 10.7. The Morgan fingerprint density at radius 2 is 2.19 bits per heavy atom. The minimum absolute atomic E-state index is 0. The number of pyridine rings is 1. The highest BCUT2D eigenvalue weighted by molar-refractivity contribution is 14.0. The molecule has 0 amide bonds. The molecule has 2 heterocycles. The first-order valence-corrected chi connectivity index (χ1v) is 10.3. The first-order valence-electron chi connectivity index (χ1n) is 10.3. The summed E-state index contributed by atoms with van der Waals surface area (Å²) < 4.78 is 24.9. The number of methoxy groups -OCH3 is 1. The summed E-state index contributed by atoms with van der Waals surface area (Å²) in [5, 5.41) is 6.69. The van der Waals surface area contributed by atoms with Gasteiger partial charge in [0.25, 0.3) is 0 Å². The third kappa shape index (κ3) is 7.80. The van der Waals surface area contributed by atoms with Gasteiger partial charge in [-0.15, -0.1) is 24.0 Å². The molecular weight excluding hydrogens is 512 g/mol. The van der Waals surface area contributed by atoms with Gasteiger partial charge in [0, 0.05) is 31.9 Å². The van der Waals surface area contributed by atoms with E-state index < -0.39 is 0 Å². The first kappa shape index (κ1) is 25.1. The Morgan fingerprint density at radius 3 is 2.97 bits per heavy atom. The summed E-state index contributed by atoms with van der Waals surface area (Å²) >= 11 is 0. The molecule has 0 spiro atoms. The van der Waals surface area contributed by atoms with Crippen LogP contribution in [-0.2, 0) is 11.3 Å². The van der Waals surface area contributed by atoms with Crippen molar-refractivity contribution in [2.24, 2.45) is 4.99 Å². The fourth-order valence-electron chi connectivity index (χ4n) is 3.37. The lowest BCUT2D eigenvalue weighted by molar-refractivity contribution is 0.128. The maximum absolute atomic E-state index is 14.0. The Kier molecular flexibility index (Phi) is 10.8. The van der Waals surface area contributed by atoms with Crippen LogP contribution in [0.25, 0.3) is 0 Å². The molecule has 1 aliphatic heterocycles. The smallest absolute Gasteiger partial charge is 0.191 e. The van der Waals surface area contributed by atoms with Crippen LogP contribution in [0.15, 0.2) is 47.6 Å². The van der Waals surface area contributed by atoms with Gasteiger partial charge in [-0.25, -0.2) is 9.37 Å². The van der Waals surface area contributed by atoms with Crippen molar-refractivity contribution in [3.05, 3.63) is 54.0 Å². The standard InChI is InChI=1S/C22H30FN5O2.HI/c1-3-24-22(26-11-13-30-16-17-6-4-7-19(14-17)29-2)27-18-9-12-28(15-18)21-20(23)8-5-10-25-21;/h4-8,10,14,18H,3,9,11-13,15-16H2,1-2H3,(H2,24,26,27);1H. The first-order chi connectivity index (χ1) is 14.7. The maximum atomic E-state index is 14.0. The highest BCUT2D eigenvalue weighted by atomic mass is 127. The molecule has 1 aromatic heterocycles. The summed E-state index contributed by atoms with van der Waals surface area (Å²) in [6.45, 7) is 5.82. The number of halogens is 2. The fraction of sp³-hybridized carbons (Fsp3) is 0.455. The molecule has 0 radical (unpaired) electrons. The Labute approximate surface area is 200 Å². The van der Waals surface area contributed by atoms with Crippen LogP contribution in [0.5, 0.6) is 5.75 Å². The summed E-state index contributed by atoms with van der Waals surface area (Å²) in [5.74, 6) is 1.70. The van der Waals surface area contributed by atoms with E-state index in [9.17, 15) is 4.39 Å². The van der Waals surface area contributed by atoms with E-state index in [1.807, 2.05) is 36.1 Å². The van der Waals surface area contributed by atoms with Gasteiger partial charge in [0.15, 0.2) is 17.6 Å². The molecule has 1 fully saturated rings. The number of hydrogen-bond donors (Lipinski definition) is 2. The third-order valence-electron chi connectivity index (χ3n) is 4.82. The van der Waals surface area contributed by atoms with Crippen LogP contribution in [0.3, 0.4) is 0 Å². The summed E-state index contributed by atoms with van der Waals surface area (Å²) in [6, 6.07) is 11.1. The second-order valence-corrected chi connectivity index (χ2v) is 7.05. The quantitative estimate of drug-likeness (QED) is 0.219. The summed E-state index contributed by atoms with van der Waals surface area (Å²) in [6.07, 6.45) is 2.52. The minimum atomic E-state index is -0.285. The van der Waals surface area contributed by atoms with Gasteiger partial charge in [-0.05, 0) is 43.2 Å². The van der Waals surface area contributed by atoms with E-state index in [0.29, 0.717) is 32.1 Å². The second-order valence-electron chi connectivity index (χ2n) is 7.05. The van der Waals surface area contributed by atoms with Crippen molar-refractivity contribution in [2.45, 2.75) is 26.0 Å². The monoisotopic (exact) mass is 543 g/mol. The molecule has 7 nitrogen and oxygen atoms in total. The van der Waals surface area contributed by atoms with Crippen molar-refractivity contribution >= 4 is 35.8 Å². The molecule has 0 bridgehead atoms. The van der Waals surface area contributed by atoms with Gasteiger partial charge in [-0.1, -0.05) is 12.1 Å². The molecule has 2 N–H and O–H groups in total. The molecule has 31 heavy (non-hydrogen) atoms. The highest BCUT2D eigenvalue weighted by Crippen LogP contribution is 2.20. The Balaban J connectivity index is 0.00000341. The van der Waals surface area contributed by atoms with E-state index in [-0.39, 0.29) is 35.8 Å². The van der Waals surface area contributed by atoms with Crippen molar-refractivity contribution in [2.75, 3.05) is 44.8 Å². The molecule has 1 atom stereocenters. The van der Waals surface area contributed by atoms with Crippen molar-refractivity contribution in [3.63, 3.8) is 0 Å². The zero-order valence-electron chi connectivity index (χ0n) is 18.0. The predicted octanol–water partition coefficient (Wildman–Crippen LogP) is 3.20. The molecule has 1 aromatic carbocycles. The molecule has 170 valence electrons. The van der Waals surface area contributed by atoms with Gasteiger partial charge in [0.2, 0.25) is 0 Å². The van der Waals surface area contributed by atoms with Crippen LogP contribution in [0, 0.1) is 5.82 Å². The molecule has 2 aromatic rings. The number of ether oxygens (including phenoxy) is 2. The van der Waals surface area contributed by atoms with E-state index >= 15 is 0 Å². The number of guanidine groups is 1. The highest BCUT2D eigenvalue weighted by Gasteiger charge is 2.25. The van der Waals surface area contributed by atoms with Crippen LogP contribution >= 0.6 is 24.0 Å². The van der Waals surface area contributed by atoms with Crippen molar-refractivity contribution in [1.82, 2.24) is 15.6 Å². The zero-order chi connectivity index (χ0) is 21.2. The Morgan fingerprint density at radius 1 is 1.32 bits per heavy atom. The van der Waals surface area contributed by atoms with Gasteiger partial charge in [0.05, 0.1) is 26.9 Å². The van der Waals surface area contributed by atoms with E-state index in [0.717, 1.165) is 36.8 Å². The van der Waals surface area contributed by atoms with Crippen LogP contribution in [-0.4, -0.2) is 56.9 Å². The van der Waals surface area contributed by atoms with E-state index in [4.69, 9.17) is 9.47 Å². The van der Waals surface area contributed by atoms with Gasteiger partial charge in [-0.2, -0.15) is 0 Å². The van der Waals surface area contributed by atoms with E-state index in [1.54, 1.807) is 19.4 Å². The van der Waals surface area contributed by atoms with Crippen molar-refractivity contribution < 1.29 is 13.9 Å². The summed E-state index contributed by atoms with van der Waals surface area (Å²) in [5.41, 5.74) is 1.07. The van der Waals surface area contributed by atoms with Gasteiger partial charge < -0.3 is 25.0 Å². The Hall–Kier alpha value is -2.14. The topological polar surface area (TPSA) is 71.0 Å². The molecule has 1 unspecified atom stereocenters. The van der Waals surface area contributed by atoms with Crippen LogP contribution in [0.2, 0.25) is 0 Å². The fourth-order valence-corrected chi connectivity index (χ4v) is 3.37. The second kappa shape index (κ2) is 13.3. The third-order valence-corrected chi connectivity index (χ3v) is 4.82. The molecule has 0 saturated carbocycles. The number of anilines is 1. The van der Waals surface area contributed by atoms with Gasteiger partial charge >= 0.3 is 0 Å². The average Bonchev–Trinajstić information content (AvgIpc) is 3.22. The minimum Gasteiger partial charge on any atom is -0.497 e. The lowest BCUT2D eigenvalue weighted by Gasteiger charge is -2.20. The van der Waals surface area contributed by atoms with Crippen LogP contribution in [0.4, 0.5) is 10.2 Å². The number of nitrogens with zero attached hydrogens (tertiary/aromatic N) is 3. The van der Waals surface area contributed by atoms with Gasteiger partial charge in [-0.3, -0.25) is 4.99 Å². The largest absolute Gasteiger partial charge is 0.497 e. The zero-order valence-corrected chi connectivity index (χ0v) is 20.3. The number of hydrogen-bond acceptors (Lipinski definition) is 5. The molecule has 3 rings (SSSR count). The molecular formula is C22H31FIN5O2. The number of nitrogens with one attached hydrogen (secondary N) is 2. The van der Waals surface area contributed by atoms with E-state index in [2.05, 4.69) is 20.6 Å². The normalized spacial score (nSPS) is 16.0. The Bertz CT molecular complexity index is 839.